The van der Waals surface area contributed by atoms with E-state index in [-0.39, 0.29) is 0 Å². The van der Waals surface area contributed by atoms with Gasteiger partial charge in [-0.15, -0.1) is 0 Å². The average molecular weight is 361 g/mol. The highest BCUT2D eigenvalue weighted by Crippen LogP contribution is 2.36. The zero-order valence-corrected chi connectivity index (χ0v) is 13.3. The standard InChI is InChI=1S/C13H12BrCl2N3/c1-7-6-19(13(17-7)18-8-2-3-8)10-5-4-9(14)11(15)12(10)16/h4-6,8H,2-3H2,1H3,(H,17,18). The van der Waals surface area contributed by atoms with Crippen molar-refractivity contribution in [2.75, 3.05) is 5.32 Å². The summed E-state index contributed by atoms with van der Waals surface area (Å²) < 4.78 is 2.74. The molecule has 0 radical (unpaired) electrons. The van der Waals surface area contributed by atoms with Crippen LogP contribution >= 0.6 is 39.1 Å². The Morgan fingerprint density at radius 2 is 2.05 bits per heavy atom. The summed E-state index contributed by atoms with van der Waals surface area (Å²) in [4.78, 5) is 4.50. The maximum absolute atomic E-state index is 6.33. The first-order valence-electron chi connectivity index (χ1n) is 6.02. The lowest BCUT2D eigenvalue weighted by molar-refractivity contribution is 1.00. The number of aryl methyl sites for hydroxylation is 1. The van der Waals surface area contributed by atoms with Crippen molar-refractivity contribution in [2.45, 2.75) is 25.8 Å². The fraction of sp³-hybridized carbons (Fsp3) is 0.308. The van der Waals surface area contributed by atoms with Gasteiger partial charge in [-0.3, -0.25) is 4.57 Å². The molecule has 6 heteroatoms. The first-order valence-corrected chi connectivity index (χ1v) is 7.57. The van der Waals surface area contributed by atoms with Crippen molar-refractivity contribution in [1.82, 2.24) is 9.55 Å². The summed E-state index contributed by atoms with van der Waals surface area (Å²) >= 11 is 15.9. The van der Waals surface area contributed by atoms with E-state index in [0.717, 1.165) is 21.8 Å². The molecule has 1 aliphatic rings. The van der Waals surface area contributed by atoms with Crippen molar-refractivity contribution in [1.29, 1.82) is 0 Å². The van der Waals surface area contributed by atoms with E-state index < -0.39 is 0 Å². The summed E-state index contributed by atoms with van der Waals surface area (Å²) in [6.45, 7) is 1.96. The molecule has 1 aliphatic carbocycles. The minimum atomic E-state index is 0.517. The van der Waals surface area contributed by atoms with Gasteiger partial charge >= 0.3 is 0 Å². The minimum Gasteiger partial charge on any atom is -0.353 e. The van der Waals surface area contributed by atoms with Gasteiger partial charge < -0.3 is 5.32 Å². The van der Waals surface area contributed by atoms with Crippen LogP contribution in [0.2, 0.25) is 10.0 Å². The monoisotopic (exact) mass is 359 g/mol. The smallest absolute Gasteiger partial charge is 0.208 e. The highest BCUT2D eigenvalue weighted by Gasteiger charge is 2.24. The summed E-state index contributed by atoms with van der Waals surface area (Å²) in [5.41, 5.74) is 1.77. The summed E-state index contributed by atoms with van der Waals surface area (Å²) in [6.07, 6.45) is 4.34. The predicted octanol–water partition coefficient (Wildman–Crippen LogP) is 4.82. The Bertz CT molecular complexity index is 635. The van der Waals surface area contributed by atoms with Crippen LogP contribution in [0.4, 0.5) is 5.95 Å². The molecule has 0 spiro atoms. The van der Waals surface area contributed by atoms with Crippen molar-refractivity contribution < 1.29 is 0 Å². The number of imidazole rings is 1. The lowest BCUT2D eigenvalue weighted by atomic mass is 10.3. The Morgan fingerprint density at radius 1 is 1.32 bits per heavy atom. The molecule has 1 N–H and O–H groups in total. The summed E-state index contributed by atoms with van der Waals surface area (Å²) in [6, 6.07) is 4.35. The van der Waals surface area contributed by atoms with E-state index in [1.807, 2.05) is 29.8 Å². The van der Waals surface area contributed by atoms with Crippen LogP contribution in [-0.4, -0.2) is 15.6 Å². The third-order valence-corrected chi connectivity index (χ3v) is 4.77. The molecule has 0 saturated heterocycles. The highest BCUT2D eigenvalue weighted by atomic mass is 79.9. The van der Waals surface area contributed by atoms with Gasteiger partial charge in [0.25, 0.3) is 0 Å². The number of hydrogen-bond acceptors (Lipinski definition) is 2. The molecule has 1 aromatic heterocycles. The van der Waals surface area contributed by atoms with Crippen LogP contribution in [0.3, 0.4) is 0 Å². The number of rotatable bonds is 3. The Balaban J connectivity index is 2.08. The van der Waals surface area contributed by atoms with E-state index in [0.29, 0.717) is 16.1 Å². The lowest BCUT2D eigenvalue weighted by Gasteiger charge is -2.12. The fourth-order valence-corrected chi connectivity index (χ4v) is 2.76. The molecule has 1 saturated carbocycles. The maximum Gasteiger partial charge on any atom is 0.208 e. The molecule has 0 aliphatic heterocycles. The number of hydrogen-bond donors (Lipinski definition) is 1. The van der Waals surface area contributed by atoms with Crippen LogP contribution in [0.25, 0.3) is 5.69 Å². The quantitative estimate of drug-likeness (QED) is 0.795. The molecule has 3 rings (SSSR count). The molecule has 0 unspecified atom stereocenters. The van der Waals surface area contributed by atoms with E-state index >= 15 is 0 Å². The van der Waals surface area contributed by atoms with Gasteiger partial charge in [0.1, 0.15) is 0 Å². The molecule has 3 nitrogen and oxygen atoms in total. The number of nitrogens with zero attached hydrogens (tertiary/aromatic N) is 2. The van der Waals surface area contributed by atoms with Crippen LogP contribution in [0.15, 0.2) is 22.8 Å². The number of aromatic nitrogens is 2. The van der Waals surface area contributed by atoms with Gasteiger partial charge in [0.2, 0.25) is 5.95 Å². The normalized spacial score (nSPS) is 14.7. The number of nitrogens with one attached hydrogen (secondary N) is 1. The van der Waals surface area contributed by atoms with E-state index in [1.54, 1.807) is 0 Å². The topological polar surface area (TPSA) is 29.9 Å². The van der Waals surface area contributed by atoms with Gasteiger partial charge in [-0.2, -0.15) is 0 Å². The van der Waals surface area contributed by atoms with E-state index in [2.05, 4.69) is 26.2 Å². The molecule has 0 bridgehead atoms. The second-order valence-electron chi connectivity index (χ2n) is 4.69. The molecule has 0 atom stereocenters. The minimum absolute atomic E-state index is 0.517. The van der Waals surface area contributed by atoms with E-state index in [9.17, 15) is 0 Å². The second-order valence-corrected chi connectivity index (χ2v) is 6.30. The number of halogens is 3. The maximum atomic E-state index is 6.33. The molecule has 100 valence electrons. The first-order chi connectivity index (χ1) is 9.06. The molecule has 1 fully saturated rings. The third kappa shape index (κ3) is 2.62. The SMILES string of the molecule is Cc1cn(-c2ccc(Br)c(Cl)c2Cl)c(NC2CC2)n1. The molecular formula is C13H12BrCl2N3. The molecule has 2 aromatic rings. The lowest BCUT2D eigenvalue weighted by Crippen LogP contribution is -2.08. The van der Waals surface area contributed by atoms with Gasteiger partial charge in [0.15, 0.2) is 0 Å². The summed E-state index contributed by atoms with van der Waals surface area (Å²) in [7, 11) is 0. The zero-order chi connectivity index (χ0) is 13.6. The number of anilines is 1. The van der Waals surface area contributed by atoms with E-state index in [4.69, 9.17) is 23.2 Å². The van der Waals surface area contributed by atoms with Crippen LogP contribution in [0.5, 0.6) is 0 Å². The summed E-state index contributed by atoms with van der Waals surface area (Å²) in [5.74, 6) is 0.820. The zero-order valence-electron chi connectivity index (χ0n) is 10.3. The van der Waals surface area contributed by atoms with Gasteiger partial charge in [-0.25, -0.2) is 4.98 Å². The van der Waals surface area contributed by atoms with Crippen molar-refractivity contribution in [3.05, 3.63) is 38.5 Å². The van der Waals surface area contributed by atoms with Gasteiger partial charge in [0, 0.05) is 16.7 Å². The second kappa shape index (κ2) is 5.00. The Hall–Kier alpha value is -0.710. The largest absolute Gasteiger partial charge is 0.353 e. The van der Waals surface area contributed by atoms with Gasteiger partial charge in [-0.05, 0) is 47.8 Å². The fourth-order valence-electron chi connectivity index (χ4n) is 1.90. The number of benzene rings is 1. The van der Waals surface area contributed by atoms with E-state index in [1.165, 1.54) is 12.8 Å². The van der Waals surface area contributed by atoms with Crippen LogP contribution in [0.1, 0.15) is 18.5 Å². The van der Waals surface area contributed by atoms with Crippen LogP contribution in [0, 0.1) is 6.92 Å². The highest BCUT2D eigenvalue weighted by molar-refractivity contribution is 9.10. The van der Waals surface area contributed by atoms with Crippen molar-refractivity contribution in [3.63, 3.8) is 0 Å². The summed E-state index contributed by atoms with van der Waals surface area (Å²) in [5, 5.41) is 4.44. The van der Waals surface area contributed by atoms with Crippen molar-refractivity contribution in [3.8, 4) is 5.69 Å². The third-order valence-electron chi connectivity index (χ3n) is 3.01. The van der Waals surface area contributed by atoms with Crippen LogP contribution in [-0.2, 0) is 0 Å². The average Bonchev–Trinajstić information content (AvgIpc) is 3.10. The molecule has 1 aromatic carbocycles. The van der Waals surface area contributed by atoms with Gasteiger partial charge in [0.05, 0.1) is 21.4 Å². The van der Waals surface area contributed by atoms with Crippen molar-refractivity contribution >= 4 is 45.1 Å². The van der Waals surface area contributed by atoms with Crippen LogP contribution < -0.4 is 5.32 Å². The predicted molar refractivity (Wildman–Crippen MR) is 82.7 cm³/mol. The first kappa shape index (κ1) is 13.3. The molecule has 0 amide bonds. The van der Waals surface area contributed by atoms with Crippen molar-refractivity contribution in [2.24, 2.45) is 0 Å². The Kier molecular flexibility index (Phi) is 3.50. The Morgan fingerprint density at radius 3 is 2.74 bits per heavy atom. The molecule has 19 heavy (non-hydrogen) atoms. The Labute approximate surface area is 130 Å². The molecular weight excluding hydrogens is 349 g/mol. The van der Waals surface area contributed by atoms with Gasteiger partial charge in [-0.1, -0.05) is 23.2 Å². The molecule has 1 heterocycles.